The number of hydrogen-bond acceptors (Lipinski definition) is 12. The Morgan fingerprint density at radius 1 is 1.36 bits per heavy atom. The lowest BCUT2D eigenvalue weighted by atomic mass is 10.0. The minimum atomic E-state index is -1.43. The summed E-state index contributed by atoms with van der Waals surface area (Å²) in [4.78, 5) is 70.8. The molecule has 0 aliphatic carbocycles. The molecule has 2 aliphatic rings. The number of nitrogens with one attached hydrogen (secondary N) is 2. The van der Waals surface area contributed by atoms with Crippen LogP contribution in [0.3, 0.4) is 0 Å². The number of pyridine rings is 1. The molecule has 0 radical (unpaired) electrons. The zero-order valence-corrected chi connectivity index (χ0v) is 24.1. The number of thioether (sulfide) groups is 1. The third-order valence-corrected chi connectivity index (χ3v) is 8.33. The van der Waals surface area contributed by atoms with Crippen molar-refractivity contribution in [2.75, 3.05) is 16.8 Å². The maximum absolute atomic E-state index is 13.2. The van der Waals surface area contributed by atoms with Crippen LogP contribution in [0.25, 0.3) is 0 Å². The lowest BCUT2D eigenvalue weighted by molar-refractivity contribution is -0.689. The zero-order valence-electron chi connectivity index (χ0n) is 21.7. The minimum absolute atomic E-state index is 0.00442. The Morgan fingerprint density at radius 2 is 2.07 bits per heavy atom. The average molecular weight is 641 g/mol. The molecular formula is C23H23ClN7O9S2+. The highest BCUT2D eigenvalue weighted by Gasteiger charge is 2.55. The normalized spacial score (nSPS) is 19.0. The number of fused-ring (bicyclic) bond motifs is 1. The van der Waals surface area contributed by atoms with E-state index in [1.807, 2.05) is 0 Å². The molecule has 0 saturated carbocycles. The van der Waals surface area contributed by atoms with Crippen molar-refractivity contribution >= 4 is 80.9 Å². The van der Waals surface area contributed by atoms with Crippen molar-refractivity contribution in [3.8, 4) is 5.75 Å². The van der Waals surface area contributed by atoms with Crippen molar-refractivity contribution in [1.82, 2.24) is 15.2 Å². The monoisotopic (exact) mass is 640 g/mol. The largest absolute Gasteiger partial charge is 0.501 e. The molecule has 0 spiro atoms. The molecule has 1 saturated heterocycles. The lowest BCUT2D eigenvalue weighted by Crippen LogP contribution is -2.71. The highest BCUT2D eigenvalue weighted by Crippen LogP contribution is 2.40. The first kappa shape index (κ1) is 30.5. The van der Waals surface area contributed by atoms with Crippen LogP contribution < -0.4 is 20.9 Å². The summed E-state index contributed by atoms with van der Waals surface area (Å²) in [5.41, 5.74) is 5.21. The second-order valence-electron chi connectivity index (χ2n) is 8.92. The number of halogens is 1. The van der Waals surface area contributed by atoms with Gasteiger partial charge in [0.05, 0.1) is 5.69 Å². The molecule has 2 aromatic heterocycles. The summed E-state index contributed by atoms with van der Waals surface area (Å²) >= 11 is 8.15. The topological polar surface area (TPSA) is 238 Å². The molecule has 19 heteroatoms. The molecule has 0 bridgehead atoms. The van der Waals surface area contributed by atoms with Crippen molar-refractivity contribution in [3.63, 3.8) is 0 Å². The van der Waals surface area contributed by atoms with Crippen LogP contribution in [0.15, 0.2) is 34.9 Å². The van der Waals surface area contributed by atoms with Crippen molar-refractivity contribution in [3.05, 3.63) is 39.8 Å². The molecule has 16 nitrogen and oxygen atoms in total. The van der Waals surface area contributed by atoms with Crippen LogP contribution in [0.2, 0.25) is 4.34 Å². The van der Waals surface area contributed by atoms with Crippen molar-refractivity contribution in [2.24, 2.45) is 5.16 Å². The van der Waals surface area contributed by atoms with Crippen molar-refractivity contribution in [2.45, 2.75) is 37.9 Å². The number of nitrogens with two attached hydrogens (primary N) is 1. The van der Waals surface area contributed by atoms with Gasteiger partial charge in [0, 0.05) is 24.3 Å². The van der Waals surface area contributed by atoms with E-state index in [4.69, 9.17) is 27.3 Å². The summed E-state index contributed by atoms with van der Waals surface area (Å²) in [6.45, 7) is 2.47. The van der Waals surface area contributed by atoms with Crippen LogP contribution in [-0.4, -0.2) is 83.8 Å². The number of hydrogen-bond donors (Lipinski definition) is 6. The lowest BCUT2D eigenvalue weighted by Gasteiger charge is -2.49. The van der Waals surface area contributed by atoms with Crippen LogP contribution in [-0.2, 0) is 35.4 Å². The number of aromatic nitrogens is 2. The molecule has 2 aromatic rings. The fourth-order valence-corrected chi connectivity index (χ4v) is 6.25. The molecule has 4 heterocycles. The maximum Gasteiger partial charge on any atom is 0.352 e. The number of amides is 3. The van der Waals surface area contributed by atoms with Gasteiger partial charge in [-0.2, -0.15) is 4.57 Å². The predicted molar refractivity (Wildman–Crippen MR) is 149 cm³/mol. The smallest absolute Gasteiger partial charge is 0.352 e. The summed E-state index contributed by atoms with van der Waals surface area (Å²) in [5.74, 6) is -4.87. The molecule has 3 atom stereocenters. The Bertz CT molecular complexity index is 1560. The number of aromatic hydroxyl groups is 1. The van der Waals surface area contributed by atoms with Crippen molar-refractivity contribution < 1.29 is 48.7 Å². The van der Waals surface area contributed by atoms with Crippen LogP contribution in [0.1, 0.15) is 19.5 Å². The number of thiazole rings is 1. The van der Waals surface area contributed by atoms with E-state index in [2.05, 4.69) is 20.8 Å². The van der Waals surface area contributed by atoms with Gasteiger partial charge >= 0.3 is 11.9 Å². The van der Waals surface area contributed by atoms with Gasteiger partial charge in [-0.25, -0.2) is 14.6 Å². The van der Waals surface area contributed by atoms with Gasteiger partial charge in [0.25, 0.3) is 11.8 Å². The van der Waals surface area contributed by atoms with Crippen LogP contribution >= 0.6 is 34.7 Å². The van der Waals surface area contributed by atoms with E-state index in [0.717, 1.165) is 16.2 Å². The first-order valence-corrected chi connectivity index (χ1v) is 14.1. The second-order valence-corrected chi connectivity index (χ2v) is 11.7. The Balaban J connectivity index is 1.55. The summed E-state index contributed by atoms with van der Waals surface area (Å²) in [6, 6.07) is 0.281. The highest BCUT2D eigenvalue weighted by atomic mass is 35.5. The predicted octanol–water partition coefficient (Wildman–Crippen LogP) is -0.0372. The number of carboxylic acid groups (broad SMARTS) is 2. The molecule has 3 amide bonds. The van der Waals surface area contributed by atoms with Gasteiger partial charge in [0.2, 0.25) is 24.0 Å². The molecule has 222 valence electrons. The number of anilines is 2. The van der Waals surface area contributed by atoms with Gasteiger partial charge in [-0.05, 0) is 6.92 Å². The van der Waals surface area contributed by atoms with E-state index in [-0.39, 0.29) is 50.5 Å². The quantitative estimate of drug-likeness (QED) is 0.0868. The highest BCUT2D eigenvalue weighted by molar-refractivity contribution is 8.00. The Labute approximate surface area is 249 Å². The molecule has 42 heavy (non-hydrogen) atoms. The van der Waals surface area contributed by atoms with E-state index >= 15 is 0 Å². The van der Waals surface area contributed by atoms with Gasteiger partial charge in [-0.1, -0.05) is 28.1 Å². The standard InChI is InChI=1S/C23H22ClN7O9S2/c1-8(21(36)37)40-29-14(13-17(24)42-23(25)28-13)18(34)27-15-19(35)31-16(22(38)39)10(7-41-20(15)31)5-30-4-3-11(12(33)6-30)26-9(2)32/h3-4,6,8,15,20H,5,7H2,1-2H3,(H6,25,27,28,33,34,36,37,38,39)/p+1/b29-14-/t8-,15?,20?/m0/s1. The number of carbonyl (C=O) groups excluding carboxylic acids is 3. The van der Waals surface area contributed by atoms with E-state index in [1.54, 1.807) is 0 Å². The average Bonchev–Trinajstić information content (AvgIpc) is 3.25. The van der Waals surface area contributed by atoms with Crippen LogP contribution in [0.5, 0.6) is 5.75 Å². The van der Waals surface area contributed by atoms with Crippen LogP contribution in [0.4, 0.5) is 10.8 Å². The Morgan fingerprint density at radius 3 is 2.64 bits per heavy atom. The molecular weight excluding hydrogens is 618 g/mol. The Hall–Kier alpha value is -4.42. The van der Waals surface area contributed by atoms with Gasteiger partial charge in [0.1, 0.15) is 27.1 Å². The summed E-state index contributed by atoms with van der Waals surface area (Å²) < 4.78 is 1.46. The number of carboxylic acids is 2. The second kappa shape index (κ2) is 12.2. The van der Waals surface area contributed by atoms with E-state index < -0.39 is 47.0 Å². The maximum atomic E-state index is 13.2. The summed E-state index contributed by atoms with van der Waals surface area (Å²) in [7, 11) is 0. The first-order valence-electron chi connectivity index (χ1n) is 11.9. The third kappa shape index (κ3) is 6.24. The molecule has 1 fully saturated rings. The van der Waals surface area contributed by atoms with Crippen molar-refractivity contribution in [1.29, 1.82) is 0 Å². The number of aliphatic carboxylic acids is 2. The molecule has 7 N–H and O–H groups in total. The van der Waals surface area contributed by atoms with E-state index in [1.165, 1.54) is 48.6 Å². The molecule has 4 rings (SSSR count). The van der Waals surface area contributed by atoms with E-state index in [0.29, 0.717) is 5.57 Å². The van der Waals surface area contributed by atoms with Gasteiger partial charge in [-0.3, -0.25) is 19.3 Å². The number of oxime groups is 1. The number of nitrogens with zero attached hydrogens (tertiary/aromatic N) is 4. The zero-order chi connectivity index (χ0) is 30.9. The fourth-order valence-electron chi connectivity index (χ4n) is 3.99. The SMILES string of the molecule is CC(=O)Nc1cc[n+](CC2=C(C(=O)O)N3C(=O)C(NC(=O)/C(=N\O[C@@H](C)C(=O)O)c4nc(N)sc4Cl)C3SC2)cc1O. The molecule has 0 aromatic carbocycles. The number of carbonyl (C=O) groups is 5. The number of β-lactam (4-membered cyclic amide) rings is 1. The van der Waals surface area contributed by atoms with Gasteiger partial charge in [-0.15, -0.1) is 11.8 Å². The van der Waals surface area contributed by atoms with Gasteiger partial charge in [0.15, 0.2) is 23.6 Å². The van der Waals surface area contributed by atoms with Crippen LogP contribution in [0, 0.1) is 0 Å². The summed E-state index contributed by atoms with van der Waals surface area (Å²) in [5, 5.41) is 37.0. The third-order valence-electron chi connectivity index (χ3n) is 5.91. The molecule has 2 unspecified atom stereocenters. The molecule has 2 aliphatic heterocycles. The fraction of sp³-hybridized carbons (Fsp3) is 0.304. The summed E-state index contributed by atoms with van der Waals surface area (Å²) in [6.07, 6.45) is 1.40. The van der Waals surface area contributed by atoms with Gasteiger partial charge < -0.3 is 36.5 Å². The number of nitrogen functional groups attached to an aromatic ring is 1. The number of rotatable bonds is 10. The minimum Gasteiger partial charge on any atom is -0.501 e. The Kier molecular flexibility index (Phi) is 8.88. The van der Waals surface area contributed by atoms with E-state index in [9.17, 15) is 34.2 Å². The first-order chi connectivity index (χ1) is 19.8.